The Morgan fingerprint density at radius 3 is 2.59 bits per heavy atom. The van der Waals surface area contributed by atoms with Crippen molar-refractivity contribution in [3.05, 3.63) is 64.2 Å². The quantitative estimate of drug-likeness (QED) is 0.724. The molecule has 1 heterocycles. The summed E-state index contributed by atoms with van der Waals surface area (Å²) in [5.74, 6) is -0.254. The van der Waals surface area contributed by atoms with Gasteiger partial charge in [-0.15, -0.1) is 0 Å². The second-order valence-corrected chi connectivity index (χ2v) is 10.1. The van der Waals surface area contributed by atoms with E-state index in [2.05, 4.69) is 12.1 Å². The van der Waals surface area contributed by atoms with E-state index in [9.17, 15) is 13.2 Å². The van der Waals surface area contributed by atoms with E-state index in [1.807, 2.05) is 12.1 Å². The van der Waals surface area contributed by atoms with Crippen molar-refractivity contribution in [2.45, 2.75) is 43.0 Å². The van der Waals surface area contributed by atoms with Crippen LogP contribution in [0.1, 0.15) is 53.2 Å². The van der Waals surface area contributed by atoms with Gasteiger partial charge in [0.25, 0.3) is 5.91 Å². The third-order valence-electron chi connectivity index (χ3n) is 6.00. The molecule has 2 aromatic rings. The van der Waals surface area contributed by atoms with Gasteiger partial charge in [0.15, 0.2) is 0 Å². The molecular formula is C22H25ClN2O3S. The number of carbonyl (C=O) groups is 1. The van der Waals surface area contributed by atoms with Gasteiger partial charge in [0.05, 0.1) is 21.5 Å². The molecule has 0 saturated carbocycles. The first-order valence-electron chi connectivity index (χ1n) is 10.0. The minimum atomic E-state index is -3.61. The van der Waals surface area contributed by atoms with E-state index < -0.39 is 10.0 Å². The lowest BCUT2D eigenvalue weighted by atomic mass is 9.87. The number of fused-ring (bicyclic) bond motifs is 1. The molecule has 0 radical (unpaired) electrons. The van der Waals surface area contributed by atoms with Crippen LogP contribution in [0.2, 0.25) is 5.02 Å². The Bertz CT molecular complexity index is 1030. The van der Waals surface area contributed by atoms with Gasteiger partial charge in [-0.25, -0.2) is 8.42 Å². The van der Waals surface area contributed by atoms with Gasteiger partial charge < -0.3 is 4.90 Å². The summed E-state index contributed by atoms with van der Waals surface area (Å²) in [5, 5.41) is 0.270. The van der Waals surface area contributed by atoms with E-state index in [-0.39, 0.29) is 27.4 Å². The van der Waals surface area contributed by atoms with Gasteiger partial charge in [0, 0.05) is 20.1 Å². The maximum absolute atomic E-state index is 13.3. The zero-order valence-corrected chi connectivity index (χ0v) is 18.0. The van der Waals surface area contributed by atoms with Crippen LogP contribution in [0, 0.1) is 0 Å². The fraction of sp³-hybridized carbons (Fsp3) is 0.409. The zero-order chi connectivity index (χ0) is 20.6. The van der Waals surface area contributed by atoms with E-state index in [4.69, 9.17) is 11.6 Å². The average Bonchev–Trinajstić information content (AvgIpc) is 3.28. The lowest BCUT2D eigenvalue weighted by molar-refractivity contribution is 0.0715. The van der Waals surface area contributed by atoms with Crippen molar-refractivity contribution >= 4 is 27.5 Å². The minimum absolute atomic E-state index is 0.0395. The van der Waals surface area contributed by atoms with E-state index in [1.54, 1.807) is 11.9 Å². The lowest BCUT2D eigenvalue weighted by Crippen LogP contribution is -2.34. The Hall–Kier alpha value is -1.89. The second kappa shape index (κ2) is 8.09. The molecule has 1 saturated heterocycles. The smallest absolute Gasteiger partial charge is 0.255 e. The maximum Gasteiger partial charge on any atom is 0.255 e. The number of benzene rings is 2. The molecule has 1 atom stereocenters. The highest BCUT2D eigenvalue weighted by molar-refractivity contribution is 7.89. The number of halogens is 1. The van der Waals surface area contributed by atoms with Gasteiger partial charge in [0.1, 0.15) is 0 Å². The van der Waals surface area contributed by atoms with Crippen molar-refractivity contribution in [1.29, 1.82) is 0 Å². The Balaban J connectivity index is 1.65. The van der Waals surface area contributed by atoms with Gasteiger partial charge in [-0.1, -0.05) is 35.9 Å². The summed E-state index contributed by atoms with van der Waals surface area (Å²) in [6, 6.07) is 12.6. The van der Waals surface area contributed by atoms with Crippen molar-refractivity contribution in [2.24, 2.45) is 0 Å². The van der Waals surface area contributed by atoms with Crippen LogP contribution in [0.5, 0.6) is 0 Å². The summed E-state index contributed by atoms with van der Waals surface area (Å²) in [4.78, 5) is 15.1. The highest BCUT2D eigenvalue weighted by Crippen LogP contribution is 2.35. The normalized spacial score (nSPS) is 19.7. The maximum atomic E-state index is 13.3. The molecule has 7 heteroatoms. The van der Waals surface area contributed by atoms with Crippen LogP contribution >= 0.6 is 11.6 Å². The third-order valence-corrected chi connectivity index (χ3v) is 8.22. The summed E-state index contributed by atoms with van der Waals surface area (Å²) >= 11 is 6.33. The molecule has 0 N–H and O–H groups in total. The molecule has 1 amide bonds. The van der Waals surface area contributed by atoms with Crippen molar-refractivity contribution in [1.82, 2.24) is 9.21 Å². The fourth-order valence-electron chi connectivity index (χ4n) is 4.37. The van der Waals surface area contributed by atoms with Crippen molar-refractivity contribution < 1.29 is 13.2 Å². The molecule has 4 rings (SSSR count). The molecule has 29 heavy (non-hydrogen) atoms. The van der Waals surface area contributed by atoms with E-state index in [0.29, 0.717) is 13.1 Å². The van der Waals surface area contributed by atoms with Crippen molar-refractivity contribution in [3.63, 3.8) is 0 Å². The Morgan fingerprint density at radius 1 is 1.10 bits per heavy atom. The number of hydrogen-bond acceptors (Lipinski definition) is 3. The molecule has 0 aromatic heterocycles. The molecule has 1 aliphatic heterocycles. The van der Waals surface area contributed by atoms with Crippen LogP contribution < -0.4 is 0 Å². The first kappa shape index (κ1) is 20.4. The molecule has 2 aliphatic rings. The first-order valence-corrected chi connectivity index (χ1v) is 11.9. The monoisotopic (exact) mass is 432 g/mol. The van der Waals surface area contributed by atoms with Crippen LogP contribution in [0.3, 0.4) is 0 Å². The van der Waals surface area contributed by atoms with Gasteiger partial charge in [-0.2, -0.15) is 4.31 Å². The summed E-state index contributed by atoms with van der Waals surface area (Å²) < 4.78 is 27.3. The number of aryl methyl sites for hydroxylation is 1. The third kappa shape index (κ3) is 3.81. The second-order valence-electron chi connectivity index (χ2n) is 7.78. The Labute approximate surface area is 177 Å². The van der Waals surface area contributed by atoms with E-state index >= 15 is 0 Å². The Kier molecular flexibility index (Phi) is 5.69. The number of sulfonamides is 1. The molecule has 0 spiro atoms. The molecule has 2 aromatic carbocycles. The highest BCUT2D eigenvalue weighted by atomic mass is 35.5. The largest absolute Gasteiger partial charge is 0.335 e. The summed E-state index contributed by atoms with van der Waals surface area (Å²) in [6.45, 7) is 1.04. The summed E-state index contributed by atoms with van der Waals surface area (Å²) in [6.07, 6.45) is 4.63. The van der Waals surface area contributed by atoms with E-state index in [0.717, 1.165) is 37.7 Å². The minimum Gasteiger partial charge on any atom is -0.335 e. The molecule has 5 nitrogen and oxygen atoms in total. The average molecular weight is 433 g/mol. The van der Waals surface area contributed by atoms with Crippen LogP contribution in [0.25, 0.3) is 0 Å². The van der Waals surface area contributed by atoms with E-state index in [1.165, 1.54) is 28.1 Å². The van der Waals surface area contributed by atoms with Gasteiger partial charge in [-0.3, -0.25) is 4.79 Å². The number of nitrogens with zero attached hydrogens (tertiary/aromatic N) is 2. The van der Waals surface area contributed by atoms with Crippen LogP contribution in [-0.2, 0) is 16.4 Å². The standard InChI is InChI=1S/C22H25ClN2O3S/c1-24(21-10-6-8-16-7-2-3-9-18(16)21)22(26)19-15-17(11-12-20(19)23)29(27,28)25-13-4-5-14-25/h2-3,7,9,11-12,15,21H,4-6,8,10,13-14H2,1H3/t21-/m1/s1. The van der Waals surface area contributed by atoms with Crippen molar-refractivity contribution in [2.75, 3.05) is 20.1 Å². The number of carbonyl (C=O) groups excluding carboxylic acids is 1. The topological polar surface area (TPSA) is 57.7 Å². The van der Waals surface area contributed by atoms with Crippen LogP contribution in [-0.4, -0.2) is 43.7 Å². The van der Waals surface area contributed by atoms with Gasteiger partial charge >= 0.3 is 0 Å². The molecule has 1 fully saturated rings. The predicted molar refractivity (Wildman–Crippen MR) is 114 cm³/mol. The van der Waals surface area contributed by atoms with Crippen LogP contribution in [0.4, 0.5) is 0 Å². The number of amides is 1. The van der Waals surface area contributed by atoms with Crippen LogP contribution in [0.15, 0.2) is 47.4 Å². The fourth-order valence-corrected chi connectivity index (χ4v) is 6.11. The zero-order valence-electron chi connectivity index (χ0n) is 16.5. The molecule has 1 aliphatic carbocycles. The molecular weight excluding hydrogens is 408 g/mol. The number of hydrogen-bond donors (Lipinski definition) is 0. The summed E-state index contributed by atoms with van der Waals surface area (Å²) in [5.41, 5.74) is 2.66. The number of rotatable bonds is 4. The molecule has 154 valence electrons. The van der Waals surface area contributed by atoms with Crippen molar-refractivity contribution in [3.8, 4) is 0 Å². The lowest BCUT2D eigenvalue weighted by Gasteiger charge is -2.33. The molecule has 0 bridgehead atoms. The SMILES string of the molecule is CN(C(=O)c1cc(S(=O)(=O)N2CCCC2)ccc1Cl)[C@@H]1CCCc2ccccc21. The van der Waals surface area contributed by atoms with Gasteiger partial charge in [-0.05, 0) is 61.4 Å². The highest BCUT2D eigenvalue weighted by Gasteiger charge is 2.31. The first-order chi connectivity index (χ1) is 13.9. The van der Waals surface area contributed by atoms with Gasteiger partial charge in [0.2, 0.25) is 10.0 Å². The predicted octanol–water partition coefficient (Wildman–Crippen LogP) is 4.27. The summed E-state index contributed by atoms with van der Waals surface area (Å²) in [7, 11) is -1.84. The Morgan fingerprint density at radius 2 is 1.83 bits per heavy atom. The molecule has 0 unspecified atom stereocenters.